The van der Waals surface area contributed by atoms with Crippen molar-refractivity contribution >= 4 is 11.6 Å². The van der Waals surface area contributed by atoms with E-state index in [0.717, 1.165) is 0 Å². The van der Waals surface area contributed by atoms with E-state index in [1.54, 1.807) is 0 Å². The minimum Gasteiger partial charge on any atom is -0.289 e. The highest BCUT2D eigenvalue weighted by atomic mass is 19.4. The second kappa shape index (κ2) is 8.63. The summed E-state index contributed by atoms with van der Waals surface area (Å²) in [5.74, 6) is -5.40. The Morgan fingerprint density at radius 1 is 0.667 bits per heavy atom. The second-order valence-corrected chi connectivity index (χ2v) is 4.12. The van der Waals surface area contributed by atoms with Gasteiger partial charge in [-0.2, -0.15) is 26.3 Å². The normalized spacial score (nSPS) is 18.6. The summed E-state index contributed by atoms with van der Waals surface area (Å²) in [5.41, 5.74) is 0. The third kappa shape index (κ3) is 9.86. The van der Waals surface area contributed by atoms with Gasteiger partial charge in [-0.15, -0.1) is 0 Å². The van der Waals surface area contributed by atoms with E-state index < -0.39 is 30.3 Å². The maximum Gasteiger partial charge on any atom is 0.450 e. The number of carbonyl (C=O) groups is 2. The number of alkyl halides is 6. The standard InChI is InChI=1S/C8H12.C5H2F6O2/c1-2-4-6-8-7-5-3-1;6-4(7,8)2(12)1-3(13)5(9,10)11/h1-2,7-8H,3-6H2;1H2/b2-1-,8-7-;. The lowest BCUT2D eigenvalue weighted by Gasteiger charge is -2.06. The van der Waals surface area contributed by atoms with E-state index in [9.17, 15) is 35.9 Å². The molecule has 0 fully saturated rings. The number of halogens is 6. The zero-order chi connectivity index (χ0) is 16.5. The van der Waals surface area contributed by atoms with Crippen molar-refractivity contribution in [3.8, 4) is 0 Å². The number of Topliss-reactive ketones (excluding diaryl/α,β-unsaturated/α-hetero) is 2. The molecule has 0 aromatic carbocycles. The maximum absolute atomic E-state index is 11.3. The van der Waals surface area contributed by atoms with E-state index in [1.807, 2.05) is 0 Å². The summed E-state index contributed by atoms with van der Waals surface area (Å²) in [7, 11) is 0. The third-order valence-corrected chi connectivity index (χ3v) is 2.29. The van der Waals surface area contributed by atoms with Crippen LogP contribution in [0.5, 0.6) is 0 Å². The molecule has 0 heterocycles. The molecular weight excluding hydrogens is 302 g/mol. The van der Waals surface area contributed by atoms with Crippen LogP contribution in [0.15, 0.2) is 24.3 Å². The van der Waals surface area contributed by atoms with Crippen LogP contribution in [0.2, 0.25) is 0 Å². The van der Waals surface area contributed by atoms with Gasteiger partial charge >= 0.3 is 12.4 Å². The molecule has 0 amide bonds. The van der Waals surface area contributed by atoms with Crippen molar-refractivity contribution in [3.05, 3.63) is 24.3 Å². The zero-order valence-corrected chi connectivity index (χ0v) is 10.9. The predicted molar refractivity (Wildman–Crippen MR) is 63.5 cm³/mol. The first kappa shape index (κ1) is 19.4. The van der Waals surface area contributed by atoms with Crippen molar-refractivity contribution in [3.63, 3.8) is 0 Å². The Hall–Kier alpha value is -1.60. The minimum absolute atomic E-state index is 1.23. The van der Waals surface area contributed by atoms with Crippen LogP contribution in [0.25, 0.3) is 0 Å². The molecule has 0 radical (unpaired) electrons. The average molecular weight is 316 g/mol. The number of hydrogen-bond donors (Lipinski definition) is 0. The fraction of sp³-hybridized carbons (Fsp3) is 0.538. The molecule has 0 bridgehead atoms. The zero-order valence-electron chi connectivity index (χ0n) is 10.9. The highest BCUT2D eigenvalue weighted by molar-refractivity contribution is 6.03. The van der Waals surface area contributed by atoms with Gasteiger partial charge in [0, 0.05) is 0 Å². The summed E-state index contributed by atoms with van der Waals surface area (Å²) in [5, 5.41) is 0. The number of allylic oxidation sites excluding steroid dienone is 4. The van der Waals surface area contributed by atoms with Crippen LogP contribution in [-0.4, -0.2) is 23.9 Å². The minimum atomic E-state index is -5.40. The molecule has 0 saturated heterocycles. The van der Waals surface area contributed by atoms with Gasteiger partial charge in [0.15, 0.2) is 0 Å². The molecule has 120 valence electrons. The quantitative estimate of drug-likeness (QED) is 0.432. The van der Waals surface area contributed by atoms with Crippen molar-refractivity contribution in [2.75, 3.05) is 0 Å². The number of hydrogen-bond acceptors (Lipinski definition) is 2. The molecule has 0 spiro atoms. The molecule has 0 N–H and O–H groups in total. The summed E-state index contributed by atoms with van der Waals surface area (Å²) < 4.78 is 68.0. The Balaban J connectivity index is 0.000000423. The lowest BCUT2D eigenvalue weighted by molar-refractivity contribution is -0.182. The summed E-state index contributed by atoms with van der Waals surface area (Å²) in [4.78, 5) is 19.8. The Morgan fingerprint density at radius 2 is 0.905 bits per heavy atom. The van der Waals surface area contributed by atoms with Gasteiger partial charge in [-0.1, -0.05) is 24.3 Å². The van der Waals surface area contributed by atoms with Crippen LogP contribution in [0.1, 0.15) is 32.1 Å². The Bertz CT molecular complexity index is 354. The van der Waals surface area contributed by atoms with E-state index in [-0.39, 0.29) is 0 Å². The maximum atomic E-state index is 11.3. The van der Waals surface area contributed by atoms with Gasteiger partial charge in [0.2, 0.25) is 11.6 Å². The van der Waals surface area contributed by atoms with Crippen molar-refractivity contribution in [1.82, 2.24) is 0 Å². The van der Waals surface area contributed by atoms with Gasteiger partial charge < -0.3 is 0 Å². The van der Waals surface area contributed by atoms with Crippen LogP contribution in [0.3, 0.4) is 0 Å². The Kier molecular flexibility index (Phi) is 7.98. The molecular formula is C13H14F6O2. The number of carbonyl (C=O) groups excluding carboxylic acids is 2. The molecule has 0 aromatic rings. The van der Waals surface area contributed by atoms with Gasteiger partial charge in [-0.25, -0.2) is 0 Å². The molecule has 0 atom stereocenters. The fourth-order valence-electron chi connectivity index (χ4n) is 1.20. The van der Waals surface area contributed by atoms with E-state index in [2.05, 4.69) is 24.3 Å². The van der Waals surface area contributed by atoms with E-state index in [4.69, 9.17) is 0 Å². The van der Waals surface area contributed by atoms with Crippen molar-refractivity contribution in [1.29, 1.82) is 0 Å². The monoisotopic (exact) mass is 316 g/mol. The third-order valence-electron chi connectivity index (χ3n) is 2.29. The highest BCUT2D eigenvalue weighted by Gasteiger charge is 2.46. The first-order valence-electron chi connectivity index (χ1n) is 6.05. The number of rotatable bonds is 2. The SMILES string of the molecule is C1=C\CC/C=C\CC/1.O=C(CC(=O)C(F)(F)F)C(F)(F)F. The Morgan fingerprint density at radius 3 is 1.10 bits per heavy atom. The average Bonchev–Trinajstić information content (AvgIpc) is 2.25. The molecule has 1 aliphatic rings. The topological polar surface area (TPSA) is 34.1 Å². The summed E-state index contributed by atoms with van der Waals surface area (Å²) >= 11 is 0. The van der Waals surface area contributed by atoms with E-state index in [1.165, 1.54) is 25.7 Å². The Labute approximate surface area is 117 Å². The van der Waals surface area contributed by atoms with Crippen LogP contribution in [0.4, 0.5) is 26.3 Å². The molecule has 1 rings (SSSR count). The summed E-state index contributed by atoms with van der Waals surface area (Å²) in [6.45, 7) is 0. The summed E-state index contributed by atoms with van der Waals surface area (Å²) in [6.07, 6.45) is 1.01. The van der Waals surface area contributed by atoms with Gasteiger partial charge in [-0.05, 0) is 25.7 Å². The van der Waals surface area contributed by atoms with Gasteiger partial charge in [0.25, 0.3) is 0 Å². The molecule has 0 saturated carbocycles. The first-order valence-corrected chi connectivity index (χ1v) is 6.05. The van der Waals surface area contributed by atoms with E-state index in [0.29, 0.717) is 0 Å². The van der Waals surface area contributed by atoms with Gasteiger partial charge in [-0.3, -0.25) is 9.59 Å². The predicted octanol–water partition coefficient (Wildman–Crippen LogP) is 4.31. The highest BCUT2D eigenvalue weighted by Crippen LogP contribution is 2.23. The van der Waals surface area contributed by atoms with Gasteiger partial charge in [0.1, 0.15) is 0 Å². The molecule has 8 heteroatoms. The second-order valence-electron chi connectivity index (χ2n) is 4.12. The largest absolute Gasteiger partial charge is 0.450 e. The molecule has 0 aromatic heterocycles. The van der Waals surface area contributed by atoms with Crippen molar-refractivity contribution < 1.29 is 35.9 Å². The first-order chi connectivity index (χ1) is 9.55. The van der Waals surface area contributed by atoms with Gasteiger partial charge in [0.05, 0.1) is 6.42 Å². The van der Waals surface area contributed by atoms with Crippen LogP contribution in [0, 0.1) is 0 Å². The lowest BCUT2D eigenvalue weighted by atomic mass is 10.1. The number of ketones is 2. The lowest BCUT2D eigenvalue weighted by Crippen LogP contribution is -2.31. The van der Waals surface area contributed by atoms with E-state index >= 15 is 0 Å². The molecule has 2 nitrogen and oxygen atoms in total. The summed E-state index contributed by atoms with van der Waals surface area (Å²) in [6, 6.07) is 0. The van der Waals surface area contributed by atoms with Crippen LogP contribution >= 0.6 is 0 Å². The van der Waals surface area contributed by atoms with Crippen molar-refractivity contribution in [2.45, 2.75) is 44.5 Å². The van der Waals surface area contributed by atoms with Crippen molar-refractivity contribution in [2.24, 2.45) is 0 Å². The molecule has 21 heavy (non-hydrogen) atoms. The fourth-order valence-corrected chi connectivity index (χ4v) is 1.20. The van der Waals surface area contributed by atoms with Crippen LogP contribution < -0.4 is 0 Å². The molecule has 0 unspecified atom stereocenters. The van der Waals surface area contributed by atoms with Crippen LogP contribution in [-0.2, 0) is 9.59 Å². The molecule has 1 aliphatic carbocycles. The molecule has 0 aliphatic heterocycles. The smallest absolute Gasteiger partial charge is 0.289 e.